The molecule has 1 saturated heterocycles. The Morgan fingerprint density at radius 3 is 2.61 bits per heavy atom. The third kappa shape index (κ3) is 3.89. The van der Waals surface area contributed by atoms with Crippen LogP contribution in [0.25, 0.3) is 5.69 Å². The molecule has 0 saturated carbocycles. The largest absolute Gasteiger partial charge is 0.411 e. The first kappa shape index (κ1) is 20.3. The smallest absolute Gasteiger partial charge is 0.374 e. The molecule has 0 bridgehead atoms. The van der Waals surface area contributed by atoms with Crippen LogP contribution in [-0.2, 0) is 4.74 Å². The molecule has 28 heavy (non-hydrogen) atoms. The zero-order chi connectivity index (χ0) is 20.6. The minimum Gasteiger partial charge on any atom is -0.374 e. The van der Waals surface area contributed by atoms with E-state index in [-0.39, 0.29) is 18.3 Å². The minimum absolute atomic E-state index is 0.167. The van der Waals surface area contributed by atoms with Crippen molar-refractivity contribution in [3.05, 3.63) is 41.5 Å². The van der Waals surface area contributed by atoms with Crippen molar-refractivity contribution in [2.75, 3.05) is 13.2 Å². The monoisotopic (exact) mass is 396 g/mol. The van der Waals surface area contributed by atoms with Crippen molar-refractivity contribution in [1.82, 2.24) is 19.7 Å². The molecule has 1 aliphatic heterocycles. The molecule has 0 radical (unpaired) electrons. The molecule has 2 heterocycles. The molecule has 3 rings (SSSR count). The fraction of sp³-hybridized carbons (Fsp3) is 0.526. The van der Waals surface area contributed by atoms with E-state index in [0.717, 1.165) is 16.2 Å². The molecule has 1 aromatic carbocycles. The molecule has 0 aliphatic carbocycles. The van der Waals surface area contributed by atoms with E-state index in [1.165, 1.54) is 4.68 Å². The van der Waals surface area contributed by atoms with E-state index in [2.05, 4.69) is 10.1 Å². The summed E-state index contributed by atoms with van der Waals surface area (Å²) < 4.78 is 46.7. The topological polar surface area (TPSA) is 60.3 Å². The van der Waals surface area contributed by atoms with Gasteiger partial charge in [-0.3, -0.25) is 4.79 Å². The molecule has 6 nitrogen and oxygen atoms in total. The van der Waals surface area contributed by atoms with E-state index in [4.69, 9.17) is 4.74 Å². The summed E-state index contributed by atoms with van der Waals surface area (Å²) in [5.74, 6) is -0.462. The van der Waals surface area contributed by atoms with Gasteiger partial charge in [0.15, 0.2) is 6.04 Å². The van der Waals surface area contributed by atoms with E-state index >= 15 is 0 Å². The number of aromatic nitrogens is 3. The zero-order valence-electron chi connectivity index (χ0n) is 16.2. The third-order valence-corrected chi connectivity index (χ3v) is 4.75. The van der Waals surface area contributed by atoms with Crippen LogP contribution < -0.4 is 0 Å². The maximum Gasteiger partial charge on any atom is 0.411 e. The van der Waals surface area contributed by atoms with Gasteiger partial charge in [-0.25, -0.2) is 9.67 Å². The molecule has 0 spiro atoms. The molecule has 2 atom stereocenters. The molecule has 1 aliphatic rings. The van der Waals surface area contributed by atoms with Gasteiger partial charge in [0, 0.05) is 6.54 Å². The van der Waals surface area contributed by atoms with Crippen LogP contribution in [0.4, 0.5) is 13.2 Å². The lowest BCUT2D eigenvalue weighted by molar-refractivity contribution is -0.211. The van der Waals surface area contributed by atoms with Gasteiger partial charge in [-0.1, -0.05) is 32.0 Å². The highest BCUT2D eigenvalue weighted by Crippen LogP contribution is 2.29. The molecule has 2 unspecified atom stereocenters. The fourth-order valence-corrected chi connectivity index (χ4v) is 3.30. The lowest BCUT2D eigenvalue weighted by Gasteiger charge is -2.38. The average Bonchev–Trinajstić information content (AvgIpc) is 3.01. The van der Waals surface area contributed by atoms with Crippen LogP contribution >= 0.6 is 0 Å². The van der Waals surface area contributed by atoms with Gasteiger partial charge < -0.3 is 9.64 Å². The van der Waals surface area contributed by atoms with Crippen LogP contribution in [0.15, 0.2) is 24.3 Å². The van der Waals surface area contributed by atoms with Crippen LogP contribution in [0.5, 0.6) is 0 Å². The van der Waals surface area contributed by atoms with Crippen LogP contribution in [0.3, 0.4) is 0 Å². The molecular weight excluding hydrogens is 373 g/mol. The summed E-state index contributed by atoms with van der Waals surface area (Å²) in [5, 5.41) is 4.25. The number of para-hydroxylation sites is 1. The Bertz CT molecular complexity index is 863. The summed E-state index contributed by atoms with van der Waals surface area (Å²) in [6.45, 7) is 6.60. The summed E-state index contributed by atoms with van der Waals surface area (Å²) in [6.07, 6.45) is -5.08. The van der Waals surface area contributed by atoms with Gasteiger partial charge in [0.25, 0.3) is 5.91 Å². The van der Waals surface area contributed by atoms with Gasteiger partial charge in [0.1, 0.15) is 5.82 Å². The summed E-state index contributed by atoms with van der Waals surface area (Å²) in [4.78, 5) is 17.8. The summed E-state index contributed by atoms with van der Waals surface area (Å²) in [6, 6.07) is 5.53. The number of hydrogen-bond donors (Lipinski definition) is 0. The first-order valence-electron chi connectivity index (χ1n) is 9.11. The summed E-state index contributed by atoms with van der Waals surface area (Å²) >= 11 is 0. The van der Waals surface area contributed by atoms with Crippen molar-refractivity contribution >= 4 is 5.91 Å². The van der Waals surface area contributed by atoms with Crippen LogP contribution in [0.1, 0.15) is 48.7 Å². The Labute approximate surface area is 161 Å². The highest BCUT2D eigenvalue weighted by atomic mass is 19.4. The van der Waals surface area contributed by atoms with E-state index in [0.29, 0.717) is 5.82 Å². The van der Waals surface area contributed by atoms with Crippen LogP contribution in [-0.4, -0.2) is 57.0 Å². The van der Waals surface area contributed by atoms with Crippen molar-refractivity contribution in [2.45, 2.75) is 51.9 Å². The summed E-state index contributed by atoms with van der Waals surface area (Å²) in [5.41, 5.74) is 1.76. The number of ether oxygens (including phenoxy) is 1. The number of halogens is 3. The second kappa shape index (κ2) is 7.54. The van der Waals surface area contributed by atoms with Crippen molar-refractivity contribution < 1.29 is 22.7 Å². The fourth-order valence-electron chi connectivity index (χ4n) is 3.30. The average molecular weight is 396 g/mol. The van der Waals surface area contributed by atoms with E-state index in [1.54, 1.807) is 13.8 Å². The van der Waals surface area contributed by atoms with Crippen LogP contribution in [0, 0.1) is 6.92 Å². The Balaban J connectivity index is 1.97. The van der Waals surface area contributed by atoms with E-state index in [9.17, 15) is 18.0 Å². The maximum absolute atomic E-state index is 13.4. The zero-order valence-corrected chi connectivity index (χ0v) is 16.2. The Kier molecular flexibility index (Phi) is 5.47. The maximum atomic E-state index is 13.4. The molecule has 2 aromatic rings. The molecule has 9 heteroatoms. The van der Waals surface area contributed by atoms with Crippen molar-refractivity contribution in [1.29, 1.82) is 0 Å². The van der Waals surface area contributed by atoms with Crippen molar-refractivity contribution in [2.24, 2.45) is 0 Å². The molecule has 1 amide bonds. The second-order valence-electron chi connectivity index (χ2n) is 7.27. The predicted octanol–water partition coefficient (Wildman–Crippen LogP) is 3.49. The predicted molar refractivity (Wildman–Crippen MR) is 96.5 cm³/mol. The Morgan fingerprint density at radius 1 is 1.29 bits per heavy atom. The number of alkyl halides is 3. The van der Waals surface area contributed by atoms with Gasteiger partial charge in [-0.05, 0) is 31.4 Å². The SMILES string of the molecule is Cc1nc(C(=O)N2CC(C)OCC2C(F)(F)F)nn1-c1ccccc1C(C)C. The standard InChI is InChI=1S/C19H23F3N4O2/c1-11(2)14-7-5-6-8-15(14)26-13(4)23-17(24-26)18(27)25-9-12(3)28-10-16(25)19(20,21)22/h5-8,11-12,16H,9-10H2,1-4H3. The van der Waals surface area contributed by atoms with Crippen molar-refractivity contribution in [3.8, 4) is 5.69 Å². The molecule has 1 aromatic heterocycles. The number of carbonyl (C=O) groups is 1. The van der Waals surface area contributed by atoms with Gasteiger partial charge >= 0.3 is 6.18 Å². The van der Waals surface area contributed by atoms with Gasteiger partial charge in [-0.2, -0.15) is 13.2 Å². The van der Waals surface area contributed by atoms with Gasteiger partial charge in [0.05, 0.1) is 18.4 Å². The second-order valence-corrected chi connectivity index (χ2v) is 7.27. The van der Waals surface area contributed by atoms with Crippen LogP contribution in [0.2, 0.25) is 0 Å². The molecule has 0 N–H and O–H groups in total. The number of amides is 1. The number of carbonyl (C=O) groups excluding carboxylic acids is 1. The summed E-state index contributed by atoms with van der Waals surface area (Å²) in [7, 11) is 0. The number of aryl methyl sites for hydroxylation is 1. The highest BCUT2D eigenvalue weighted by molar-refractivity contribution is 5.91. The van der Waals surface area contributed by atoms with E-state index < -0.39 is 30.8 Å². The highest BCUT2D eigenvalue weighted by Gasteiger charge is 2.49. The number of morpholine rings is 1. The first-order valence-corrected chi connectivity index (χ1v) is 9.11. The minimum atomic E-state index is -4.59. The number of hydrogen-bond acceptors (Lipinski definition) is 4. The van der Waals surface area contributed by atoms with Gasteiger partial charge in [0.2, 0.25) is 5.82 Å². The lowest BCUT2D eigenvalue weighted by Crippen LogP contribution is -2.57. The molecule has 152 valence electrons. The number of nitrogens with zero attached hydrogens (tertiary/aromatic N) is 4. The number of benzene rings is 1. The Morgan fingerprint density at radius 2 is 1.96 bits per heavy atom. The lowest BCUT2D eigenvalue weighted by atomic mass is 10.0. The van der Waals surface area contributed by atoms with Crippen molar-refractivity contribution in [3.63, 3.8) is 0 Å². The quantitative estimate of drug-likeness (QED) is 0.797. The molecular formula is C19H23F3N4O2. The normalized spacial score (nSPS) is 20.6. The van der Waals surface area contributed by atoms with E-state index in [1.807, 2.05) is 38.1 Å². The third-order valence-electron chi connectivity index (χ3n) is 4.75. The number of rotatable bonds is 3. The molecule has 1 fully saturated rings. The van der Waals surface area contributed by atoms with Gasteiger partial charge in [-0.15, -0.1) is 5.10 Å². The first-order chi connectivity index (χ1) is 13.1. The Hall–Kier alpha value is -2.42.